The molecular weight excluding hydrogens is 494 g/mol. The molecule has 0 radical (unpaired) electrons. The Morgan fingerprint density at radius 1 is 1.08 bits per heavy atom. The van der Waals surface area contributed by atoms with Crippen LogP contribution in [0.25, 0.3) is 5.69 Å². The maximum atomic E-state index is 11.7. The second kappa shape index (κ2) is 10.3. The van der Waals surface area contributed by atoms with Gasteiger partial charge < -0.3 is 19.6 Å². The summed E-state index contributed by atoms with van der Waals surface area (Å²) in [7, 11) is 0. The number of nitrogens with zero attached hydrogens (tertiary/aromatic N) is 7. The number of rotatable bonds is 3. The number of carboxylic acid groups (broad SMARTS) is 1. The molecule has 1 aromatic carbocycles. The maximum absolute atomic E-state index is 11.7. The van der Waals surface area contributed by atoms with Gasteiger partial charge in [-0.15, -0.1) is 10.2 Å². The number of hydrogen-bond donors (Lipinski definition) is 1. The zero-order chi connectivity index (χ0) is 25.4. The Labute approximate surface area is 220 Å². The van der Waals surface area contributed by atoms with E-state index in [1.807, 2.05) is 36.5 Å². The van der Waals surface area contributed by atoms with E-state index in [1.165, 1.54) is 4.90 Å². The number of hydrogen-bond acceptors (Lipinski definition) is 7. The van der Waals surface area contributed by atoms with Crippen molar-refractivity contribution in [1.29, 1.82) is 0 Å². The third-order valence-corrected chi connectivity index (χ3v) is 7.86. The number of piperidine rings is 1. The predicted molar refractivity (Wildman–Crippen MR) is 138 cm³/mol. The van der Waals surface area contributed by atoms with Gasteiger partial charge in [-0.2, -0.15) is 0 Å². The van der Waals surface area contributed by atoms with Crippen LogP contribution in [0.1, 0.15) is 36.0 Å². The van der Waals surface area contributed by atoms with Crippen LogP contribution in [0.2, 0.25) is 5.02 Å². The van der Waals surface area contributed by atoms with Gasteiger partial charge in [-0.05, 0) is 48.7 Å². The SMILES string of the molecule is O=C(O)N1CCOCC(N2Cc3cc(Cl)ccc3-n3c(nnc3C3CCN(c4ccccn4)CC3)C2)C1. The summed E-state index contributed by atoms with van der Waals surface area (Å²) in [5, 5.41) is 19.7. The van der Waals surface area contributed by atoms with E-state index in [0.717, 1.165) is 54.6 Å². The first-order chi connectivity index (χ1) is 18.1. The highest BCUT2D eigenvalue weighted by Crippen LogP contribution is 2.35. The summed E-state index contributed by atoms with van der Waals surface area (Å²) >= 11 is 6.44. The lowest BCUT2D eigenvalue weighted by atomic mass is 9.95. The first kappa shape index (κ1) is 24.1. The van der Waals surface area contributed by atoms with Crippen LogP contribution in [0.3, 0.4) is 0 Å². The number of amides is 1. The van der Waals surface area contributed by atoms with Gasteiger partial charge in [-0.1, -0.05) is 17.7 Å². The summed E-state index contributed by atoms with van der Waals surface area (Å²) in [6, 6.07) is 11.9. The number of aromatic nitrogens is 4. The van der Waals surface area contributed by atoms with Crippen LogP contribution in [-0.4, -0.2) is 86.2 Å². The lowest BCUT2D eigenvalue weighted by Gasteiger charge is -2.32. The van der Waals surface area contributed by atoms with Crippen LogP contribution in [0.4, 0.5) is 10.6 Å². The average Bonchev–Trinajstić information content (AvgIpc) is 3.08. The molecule has 2 fully saturated rings. The summed E-state index contributed by atoms with van der Waals surface area (Å²) in [5.41, 5.74) is 2.11. The van der Waals surface area contributed by atoms with Gasteiger partial charge >= 0.3 is 6.09 Å². The number of carbonyl (C=O) groups is 1. The molecule has 1 unspecified atom stereocenters. The number of halogens is 1. The van der Waals surface area contributed by atoms with Gasteiger partial charge in [0.1, 0.15) is 11.6 Å². The predicted octanol–water partition coefficient (Wildman–Crippen LogP) is 3.39. The van der Waals surface area contributed by atoms with Crippen LogP contribution in [0.15, 0.2) is 42.6 Å². The minimum Gasteiger partial charge on any atom is -0.465 e. The topological polar surface area (TPSA) is 99.8 Å². The van der Waals surface area contributed by atoms with Gasteiger partial charge in [0.2, 0.25) is 0 Å². The van der Waals surface area contributed by atoms with Crippen molar-refractivity contribution in [1.82, 2.24) is 29.5 Å². The van der Waals surface area contributed by atoms with Crippen molar-refractivity contribution in [2.75, 3.05) is 44.3 Å². The Balaban J connectivity index is 1.30. The molecule has 2 saturated heterocycles. The zero-order valence-corrected chi connectivity index (χ0v) is 21.3. The van der Waals surface area contributed by atoms with E-state index in [0.29, 0.717) is 44.4 Å². The van der Waals surface area contributed by atoms with Crippen LogP contribution in [0.5, 0.6) is 0 Å². The second-order valence-corrected chi connectivity index (χ2v) is 10.3. The maximum Gasteiger partial charge on any atom is 0.407 e. The van der Waals surface area contributed by atoms with Crippen LogP contribution in [-0.2, 0) is 17.8 Å². The van der Waals surface area contributed by atoms with Gasteiger partial charge in [0.15, 0.2) is 5.82 Å². The fraction of sp³-hybridized carbons (Fsp3) is 0.462. The number of pyridine rings is 1. The number of benzene rings is 1. The van der Waals surface area contributed by atoms with Crippen molar-refractivity contribution in [3.05, 3.63) is 64.8 Å². The number of fused-ring (bicyclic) bond motifs is 3. The molecule has 6 rings (SSSR count). The second-order valence-electron chi connectivity index (χ2n) is 9.89. The Morgan fingerprint density at radius 2 is 1.95 bits per heavy atom. The van der Waals surface area contributed by atoms with Crippen molar-refractivity contribution in [2.45, 2.75) is 37.9 Å². The van der Waals surface area contributed by atoms with Gasteiger partial charge in [0, 0.05) is 49.9 Å². The van der Waals surface area contributed by atoms with E-state index in [2.05, 4.69) is 30.5 Å². The molecule has 0 aliphatic carbocycles. The van der Waals surface area contributed by atoms with E-state index >= 15 is 0 Å². The highest BCUT2D eigenvalue weighted by Gasteiger charge is 2.34. The summed E-state index contributed by atoms with van der Waals surface area (Å²) < 4.78 is 8.01. The molecule has 1 N–H and O–H groups in total. The summed E-state index contributed by atoms with van der Waals surface area (Å²) in [6.45, 7) is 4.62. The van der Waals surface area contributed by atoms with E-state index in [-0.39, 0.29) is 12.0 Å². The van der Waals surface area contributed by atoms with E-state index in [1.54, 1.807) is 0 Å². The first-order valence-corrected chi connectivity index (χ1v) is 13.1. The third-order valence-electron chi connectivity index (χ3n) is 7.62. The monoisotopic (exact) mass is 523 g/mol. The van der Waals surface area contributed by atoms with E-state index in [4.69, 9.17) is 21.4 Å². The minimum absolute atomic E-state index is 0.0984. The van der Waals surface area contributed by atoms with E-state index in [9.17, 15) is 9.90 Å². The van der Waals surface area contributed by atoms with E-state index < -0.39 is 6.09 Å². The molecule has 10 nitrogen and oxygen atoms in total. The van der Waals surface area contributed by atoms with Crippen molar-refractivity contribution in [3.8, 4) is 5.69 Å². The fourth-order valence-electron chi connectivity index (χ4n) is 5.67. The molecule has 1 amide bonds. The molecule has 3 aliphatic heterocycles. The Kier molecular flexibility index (Phi) is 6.71. The lowest BCUT2D eigenvalue weighted by Crippen LogP contribution is -2.45. The largest absolute Gasteiger partial charge is 0.465 e. The molecule has 194 valence electrons. The standard InChI is InChI=1S/C26H30ClN7O3/c27-20-4-5-22-19(13-20)14-33(21-15-32(26(35)36)11-12-37-17-21)16-24-29-30-25(34(22)24)18-6-9-31(10-7-18)23-3-1-2-8-28-23/h1-5,8,13,18,21H,6-7,9-12,14-17H2,(H,35,36). The summed E-state index contributed by atoms with van der Waals surface area (Å²) in [4.78, 5) is 22.3. The van der Waals surface area contributed by atoms with Crippen molar-refractivity contribution in [2.24, 2.45) is 0 Å². The van der Waals surface area contributed by atoms with Gasteiger partial charge in [-0.25, -0.2) is 9.78 Å². The smallest absolute Gasteiger partial charge is 0.407 e. The molecule has 1 atom stereocenters. The highest BCUT2D eigenvalue weighted by molar-refractivity contribution is 6.30. The number of anilines is 1. The normalized spacial score (nSPS) is 21.2. The van der Waals surface area contributed by atoms with Crippen LogP contribution >= 0.6 is 11.6 Å². The molecule has 0 bridgehead atoms. The van der Waals surface area contributed by atoms with Crippen molar-refractivity contribution in [3.63, 3.8) is 0 Å². The minimum atomic E-state index is -0.920. The Bertz CT molecular complexity index is 1260. The first-order valence-electron chi connectivity index (χ1n) is 12.8. The van der Waals surface area contributed by atoms with Crippen molar-refractivity contribution < 1.29 is 14.6 Å². The highest BCUT2D eigenvalue weighted by atomic mass is 35.5. The van der Waals surface area contributed by atoms with Crippen LogP contribution < -0.4 is 4.90 Å². The van der Waals surface area contributed by atoms with Gasteiger partial charge in [-0.3, -0.25) is 9.47 Å². The quantitative estimate of drug-likeness (QED) is 0.557. The molecular formula is C26H30ClN7O3. The van der Waals surface area contributed by atoms with Gasteiger partial charge in [0.05, 0.1) is 31.5 Å². The third kappa shape index (κ3) is 4.88. The molecule has 3 aliphatic rings. The summed E-state index contributed by atoms with van der Waals surface area (Å²) in [5.74, 6) is 3.12. The van der Waals surface area contributed by atoms with Gasteiger partial charge in [0.25, 0.3) is 0 Å². The lowest BCUT2D eigenvalue weighted by molar-refractivity contribution is 0.0699. The Morgan fingerprint density at radius 3 is 2.73 bits per heavy atom. The zero-order valence-electron chi connectivity index (χ0n) is 20.5. The molecule has 0 spiro atoms. The fourth-order valence-corrected chi connectivity index (χ4v) is 5.86. The van der Waals surface area contributed by atoms with Crippen LogP contribution in [0, 0.1) is 0 Å². The molecule has 3 aromatic rings. The average molecular weight is 524 g/mol. The molecule has 5 heterocycles. The van der Waals surface area contributed by atoms with Crippen molar-refractivity contribution >= 4 is 23.5 Å². The number of ether oxygens (including phenoxy) is 1. The molecule has 11 heteroatoms. The Hall–Kier alpha value is -3.21. The summed E-state index contributed by atoms with van der Waals surface area (Å²) in [6.07, 6.45) is 2.84. The molecule has 0 saturated carbocycles. The molecule has 37 heavy (non-hydrogen) atoms. The molecule has 2 aromatic heterocycles.